The number of benzene rings is 1. The monoisotopic (exact) mass is 362 g/mol. The van der Waals surface area contributed by atoms with E-state index in [0.29, 0.717) is 11.7 Å². The molecule has 0 aromatic heterocycles. The SMILES string of the molecule is Cc1cc(OCCOC(=O)CN2C(=O)NC(C)(C)C2=O)ccc1C(C)C. The maximum Gasteiger partial charge on any atom is 0.326 e. The normalized spacial score (nSPS) is 16.0. The number of carbonyl (C=O) groups is 3. The average molecular weight is 362 g/mol. The summed E-state index contributed by atoms with van der Waals surface area (Å²) in [4.78, 5) is 36.4. The van der Waals surface area contributed by atoms with Crippen LogP contribution in [0, 0.1) is 6.92 Å². The van der Waals surface area contributed by atoms with Crippen LogP contribution in [0.2, 0.25) is 0 Å². The van der Waals surface area contributed by atoms with Crippen molar-refractivity contribution in [1.82, 2.24) is 10.2 Å². The Kier molecular flexibility index (Phi) is 5.90. The van der Waals surface area contributed by atoms with E-state index in [9.17, 15) is 14.4 Å². The number of imide groups is 1. The van der Waals surface area contributed by atoms with Crippen LogP contribution in [0.5, 0.6) is 5.75 Å². The molecule has 1 N–H and O–H groups in total. The van der Waals surface area contributed by atoms with Crippen molar-refractivity contribution in [3.63, 3.8) is 0 Å². The molecule has 3 amide bonds. The molecule has 0 atom stereocenters. The van der Waals surface area contributed by atoms with Gasteiger partial charge in [0.25, 0.3) is 5.91 Å². The number of carbonyl (C=O) groups excluding carboxylic acids is 3. The van der Waals surface area contributed by atoms with Gasteiger partial charge in [0, 0.05) is 0 Å². The molecule has 0 aliphatic carbocycles. The third-order valence-electron chi connectivity index (χ3n) is 4.21. The van der Waals surface area contributed by atoms with Crippen molar-refractivity contribution >= 4 is 17.9 Å². The van der Waals surface area contributed by atoms with Gasteiger partial charge in [-0.3, -0.25) is 14.5 Å². The topological polar surface area (TPSA) is 84.9 Å². The number of ether oxygens (including phenoxy) is 2. The van der Waals surface area contributed by atoms with Crippen LogP contribution in [0.15, 0.2) is 18.2 Å². The van der Waals surface area contributed by atoms with Crippen LogP contribution in [0.25, 0.3) is 0 Å². The number of urea groups is 1. The minimum atomic E-state index is -1.000. The van der Waals surface area contributed by atoms with Crippen molar-refractivity contribution < 1.29 is 23.9 Å². The standard InChI is InChI=1S/C19H26N2O5/c1-12(2)15-7-6-14(10-13(15)3)25-8-9-26-16(22)11-21-17(23)19(4,5)20-18(21)24/h6-7,10,12H,8-9,11H2,1-5H3,(H,20,24). The fourth-order valence-electron chi connectivity index (χ4n) is 2.84. The van der Waals surface area contributed by atoms with Crippen LogP contribution in [-0.2, 0) is 14.3 Å². The first-order chi connectivity index (χ1) is 12.1. The van der Waals surface area contributed by atoms with Gasteiger partial charge in [0.1, 0.15) is 31.0 Å². The Morgan fingerprint density at radius 2 is 1.92 bits per heavy atom. The molecule has 1 aliphatic rings. The molecule has 1 aromatic rings. The number of hydrogen-bond acceptors (Lipinski definition) is 5. The van der Waals surface area contributed by atoms with Crippen LogP contribution in [0.3, 0.4) is 0 Å². The van der Waals surface area contributed by atoms with Gasteiger partial charge in [0.2, 0.25) is 0 Å². The molecular weight excluding hydrogens is 336 g/mol. The van der Waals surface area contributed by atoms with E-state index in [4.69, 9.17) is 9.47 Å². The Morgan fingerprint density at radius 1 is 1.23 bits per heavy atom. The first kappa shape index (κ1) is 19.8. The molecule has 1 aliphatic heterocycles. The Bertz CT molecular complexity index is 712. The molecule has 0 spiro atoms. The summed E-state index contributed by atoms with van der Waals surface area (Å²) in [7, 11) is 0. The smallest absolute Gasteiger partial charge is 0.326 e. The van der Waals surface area contributed by atoms with E-state index < -0.39 is 30.0 Å². The van der Waals surface area contributed by atoms with Gasteiger partial charge < -0.3 is 14.8 Å². The van der Waals surface area contributed by atoms with Gasteiger partial charge in [-0.25, -0.2) is 4.79 Å². The largest absolute Gasteiger partial charge is 0.490 e. The molecule has 2 rings (SSSR count). The van der Waals surface area contributed by atoms with E-state index in [-0.39, 0.29) is 13.2 Å². The van der Waals surface area contributed by atoms with E-state index in [1.165, 1.54) is 5.56 Å². The van der Waals surface area contributed by atoms with Gasteiger partial charge >= 0.3 is 12.0 Å². The molecule has 1 saturated heterocycles. The van der Waals surface area contributed by atoms with E-state index in [1.54, 1.807) is 13.8 Å². The number of aryl methyl sites for hydroxylation is 1. The summed E-state index contributed by atoms with van der Waals surface area (Å²) in [6, 6.07) is 5.28. The van der Waals surface area contributed by atoms with Crippen molar-refractivity contribution in [2.24, 2.45) is 0 Å². The Balaban J connectivity index is 1.76. The Morgan fingerprint density at radius 3 is 2.46 bits per heavy atom. The van der Waals surface area contributed by atoms with Gasteiger partial charge in [-0.2, -0.15) is 0 Å². The number of esters is 1. The van der Waals surface area contributed by atoms with Crippen molar-refractivity contribution in [2.75, 3.05) is 19.8 Å². The third kappa shape index (κ3) is 4.53. The maximum absolute atomic E-state index is 12.0. The number of rotatable bonds is 7. The molecule has 26 heavy (non-hydrogen) atoms. The van der Waals surface area contributed by atoms with Crippen molar-refractivity contribution in [1.29, 1.82) is 0 Å². The molecule has 1 fully saturated rings. The summed E-state index contributed by atoms with van der Waals surface area (Å²) in [5.74, 6) is 0.0526. The maximum atomic E-state index is 12.0. The predicted molar refractivity (Wildman–Crippen MR) is 96.0 cm³/mol. The lowest BCUT2D eigenvalue weighted by molar-refractivity contribution is -0.148. The zero-order valence-corrected chi connectivity index (χ0v) is 15.9. The summed E-state index contributed by atoms with van der Waals surface area (Å²) in [6.07, 6.45) is 0. The molecule has 1 heterocycles. The summed E-state index contributed by atoms with van der Waals surface area (Å²) in [5.41, 5.74) is 1.41. The molecule has 7 heteroatoms. The van der Waals surface area contributed by atoms with Gasteiger partial charge in [0.15, 0.2) is 0 Å². The molecule has 7 nitrogen and oxygen atoms in total. The second kappa shape index (κ2) is 7.76. The fourth-order valence-corrected chi connectivity index (χ4v) is 2.84. The molecule has 0 saturated carbocycles. The summed E-state index contributed by atoms with van der Waals surface area (Å²) in [5, 5.41) is 2.51. The Hall–Kier alpha value is -2.57. The highest BCUT2D eigenvalue weighted by Gasteiger charge is 2.45. The molecule has 0 unspecified atom stereocenters. The minimum absolute atomic E-state index is 0.0385. The molecule has 142 valence electrons. The highest BCUT2D eigenvalue weighted by atomic mass is 16.6. The van der Waals surface area contributed by atoms with Gasteiger partial charge in [-0.15, -0.1) is 0 Å². The van der Waals surface area contributed by atoms with E-state index in [0.717, 1.165) is 10.5 Å². The molecular formula is C19H26N2O5. The first-order valence-corrected chi connectivity index (χ1v) is 8.65. The van der Waals surface area contributed by atoms with Gasteiger partial charge in [-0.1, -0.05) is 19.9 Å². The Labute approximate surface area is 153 Å². The number of nitrogens with zero attached hydrogens (tertiary/aromatic N) is 1. The summed E-state index contributed by atoms with van der Waals surface area (Å²) >= 11 is 0. The highest BCUT2D eigenvalue weighted by molar-refractivity contribution is 6.08. The van der Waals surface area contributed by atoms with Crippen molar-refractivity contribution in [3.05, 3.63) is 29.3 Å². The fraction of sp³-hybridized carbons (Fsp3) is 0.526. The highest BCUT2D eigenvalue weighted by Crippen LogP contribution is 2.23. The van der Waals surface area contributed by atoms with Crippen LogP contribution >= 0.6 is 0 Å². The number of nitrogens with one attached hydrogen (secondary N) is 1. The molecule has 1 aromatic carbocycles. The number of amides is 3. The lowest BCUT2D eigenvalue weighted by atomic mass is 9.98. The van der Waals surface area contributed by atoms with E-state index in [1.807, 2.05) is 25.1 Å². The first-order valence-electron chi connectivity index (χ1n) is 8.65. The van der Waals surface area contributed by atoms with Crippen LogP contribution in [0.1, 0.15) is 44.7 Å². The zero-order valence-electron chi connectivity index (χ0n) is 15.9. The van der Waals surface area contributed by atoms with Crippen molar-refractivity contribution in [3.8, 4) is 5.75 Å². The second-order valence-corrected chi connectivity index (χ2v) is 7.19. The van der Waals surface area contributed by atoms with Crippen molar-refractivity contribution in [2.45, 2.75) is 46.1 Å². The zero-order chi connectivity index (χ0) is 19.5. The van der Waals surface area contributed by atoms with Gasteiger partial charge in [0.05, 0.1) is 0 Å². The second-order valence-electron chi connectivity index (χ2n) is 7.19. The average Bonchev–Trinajstić information content (AvgIpc) is 2.73. The predicted octanol–water partition coefficient (Wildman–Crippen LogP) is 2.37. The molecule has 0 bridgehead atoms. The quantitative estimate of drug-likeness (QED) is 0.457. The molecule has 0 radical (unpaired) electrons. The third-order valence-corrected chi connectivity index (χ3v) is 4.21. The van der Waals surface area contributed by atoms with E-state index >= 15 is 0 Å². The van der Waals surface area contributed by atoms with E-state index in [2.05, 4.69) is 19.2 Å². The minimum Gasteiger partial charge on any atom is -0.490 e. The lowest BCUT2D eigenvalue weighted by Gasteiger charge is -2.15. The van der Waals surface area contributed by atoms with Crippen LogP contribution in [0.4, 0.5) is 4.79 Å². The summed E-state index contributed by atoms with van der Waals surface area (Å²) < 4.78 is 10.6. The summed E-state index contributed by atoms with van der Waals surface area (Å²) in [6.45, 7) is 9.29. The van der Waals surface area contributed by atoms with Crippen LogP contribution in [-0.4, -0.2) is 48.1 Å². The lowest BCUT2D eigenvalue weighted by Crippen LogP contribution is -2.41. The van der Waals surface area contributed by atoms with Gasteiger partial charge in [-0.05, 0) is 49.9 Å². The number of hydrogen-bond donors (Lipinski definition) is 1. The van der Waals surface area contributed by atoms with Crippen LogP contribution < -0.4 is 10.1 Å².